The Bertz CT molecular complexity index is 562. The van der Waals surface area contributed by atoms with E-state index in [-0.39, 0.29) is 21.8 Å². The summed E-state index contributed by atoms with van der Waals surface area (Å²) >= 11 is 0. The van der Waals surface area contributed by atoms with Crippen molar-refractivity contribution in [3.8, 4) is 12.1 Å². The maximum Gasteiger partial charge on any atom is 0.179 e. The number of nitriles is 2. The third kappa shape index (κ3) is 1.98. The summed E-state index contributed by atoms with van der Waals surface area (Å²) < 4.78 is 23.2. The molecule has 0 atom stereocenters. The Morgan fingerprint density at radius 1 is 1.27 bits per heavy atom. The standard InChI is InChI=1S/C10H8N2O2S/c1-2-15(13,14)10-5-3-4-8(6-11)9(10)7-12/h3-5H,2H2,1H3. The van der Waals surface area contributed by atoms with Crippen molar-refractivity contribution in [2.24, 2.45) is 0 Å². The van der Waals surface area contributed by atoms with E-state index in [1.54, 1.807) is 12.1 Å². The molecule has 0 saturated heterocycles. The number of sulfone groups is 1. The van der Waals surface area contributed by atoms with Crippen LogP contribution in [0.25, 0.3) is 0 Å². The Hall–Kier alpha value is -1.85. The van der Waals surface area contributed by atoms with Crippen LogP contribution in [0, 0.1) is 22.7 Å². The monoisotopic (exact) mass is 220 g/mol. The summed E-state index contributed by atoms with van der Waals surface area (Å²) in [5.74, 6) is -0.0867. The Balaban J connectivity index is 3.61. The molecule has 76 valence electrons. The molecule has 0 unspecified atom stereocenters. The summed E-state index contributed by atoms with van der Waals surface area (Å²) in [7, 11) is -3.45. The molecule has 15 heavy (non-hydrogen) atoms. The molecular weight excluding hydrogens is 212 g/mol. The predicted octanol–water partition coefficient (Wildman–Crippen LogP) is 1.22. The molecule has 0 amide bonds. The van der Waals surface area contributed by atoms with Gasteiger partial charge in [0.2, 0.25) is 0 Å². The van der Waals surface area contributed by atoms with E-state index in [0.29, 0.717) is 0 Å². The van der Waals surface area contributed by atoms with E-state index < -0.39 is 9.84 Å². The highest BCUT2D eigenvalue weighted by Crippen LogP contribution is 2.19. The topological polar surface area (TPSA) is 81.7 Å². The van der Waals surface area contributed by atoms with E-state index in [1.807, 2.05) is 0 Å². The van der Waals surface area contributed by atoms with Crippen molar-refractivity contribution in [1.82, 2.24) is 0 Å². The summed E-state index contributed by atoms with van der Waals surface area (Å²) in [6.07, 6.45) is 0. The first kappa shape index (κ1) is 11.2. The minimum atomic E-state index is -3.45. The highest BCUT2D eigenvalue weighted by molar-refractivity contribution is 7.91. The molecule has 4 nitrogen and oxygen atoms in total. The van der Waals surface area contributed by atoms with Gasteiger partial charge in [0, 0.05) is 0 Å². The van der Waals surface area contributed by atoms with Gasteiger partial charge in [0.15, 0.2) is 9.84 Å². The van der Waals surface area contributed by atoms with E-state index in [2.05, 4.69) is 0 Å². The van der Waals surface area contributed by atoms with Crippen LogP contribution in [0.1, 0.15) is 18.1 Å². The molecule has 0 spiro atoms. The molecule has 0 fully saturated rings. The third-order valence-corrected chi connectivity index (χ3v) is 3.74. The van der Waals surface area contributed by atoms with Crippen LogP contribution in [0.3, 0.4) is 0 Å². The maximum absolute atomic E-state index is 11.6. The lowest BCUT2D eigenvalue weighted by Gasteiger charge is -2.04. The number of hydrogen-bond acceptors (Lipinski definition) is 4. The average Bonchev–Trinajstić information content (AvgIpc) is 2.27. The summed E-state index contributed by atoms with van der Waals surface area (Å²) in [6, 6.07) is 7.78. The van der Waals surface area contributed by atoms with Gasteiger partial charge in [-0.05, 0) is 12.1 Å². The zero-order chi connectivity index (χ0) is 11.5. The molecule has 0 heterocycles. The molecule has 0 saturated carbocycles. The molecule has 0 radical (unpaired) electrons. The Morgan fingerprint density at radius 3 is 2.40 bits per heavy atom. The molecule has 0 aliphatic carbocycles. The molecule has 0 aliphatic heterocycles. The predicted molar refractivity (Wildman–Crippen MR) is 53.6 cm³/mol. The first-order valence-corrected chi connectivity index (χ1v) is 5.88. The van der Waals surface area contributed by atoms with Crippen LogP contribution < -0.4 is 0 Å². The SMILES string of the molecule is CCS(=O)(=O)c1cccc(C#N)c1C#N. The summed E-state index contributed by atoms with van der Waals surface area (Å²) in [5.41, 5.74) is 0.0221. The van der Waals surface area contributed by atoms with Crippen molar-refractivity contribution in [2.75, 3.05) is 5.75 Å². The first-order valence-electron chi connectivity index (χ1n) is 4.22. The van der Waals surface area contributed by atoms with Crippen molar-refractivity contribution in [3.05, 3.63) is 29.3 Å². The van der Waals surface area contributed by atoms with E-state index in [4.69, 9.17) is 10.5 Å². The molecule has 5 heteroatoms. The second kappa shape index (κ2) is 4.12. The summed E-state index contributed by atoms with van der Waals surface area (Å²) in [5, 5.41) is 17.5. The van der Waals surface area contributed by atoms with Crippen LogP contribution in [0.15, 0.2) is 23.1 Å². The maximum atomic E-state index is 11.6. The van der Waals surface area contributed by atoms with Crippen molar-refractivity contribution in [3.63, 3.8) is 0 Å². The van der Waals surface area contributed by atoms with Gasteiger partial charge in [-0.3, -0.25) is 0 Å². The van der Waals surface area contributed by atoms with Crippen LogP contribution in [-0.4, -0.2) is 14.2 Å². The molecule has 0 N–H and O–H groups in total. The van der Waals surface area contributed by atoms with Crippen LogP contribution in [0.2, 0.25) is 0 Å². The lowest BCUT2D eigenvalue weighted by atomic mass is 10.1. The highest BCUT2D eigenvalue weighted by atomic mass is 32.2. The second-order valence-corrected chi connectivity index (χ2v) is 5.05. The largest absolute Gasteiger partial charge is 0.224 e. The highest BCUT2D eigenvalue weighted by Gasteiger charge is 2.18. The van der Waals surface area contributed by atoms with Gasteiger partial charge in [-0.25, -0.2) is 8.42 Å². The van der Waals surface area contributed by atoms with Gasteiger partial charge in [0.25, 0.3) is 0 Å². The summed E-state index contributed by atoms with van der Waals surface area (Å²) in [6.45, 7) is 1.50. The minimum Gasteiger partial charge on any atom is -0.224 e. The van der Waals surface area contributed by atoms with Crippen molar-refractivity contribution >= 4 is 9.84 Å². The fraction of sp³-hybridized carbons (Fsp3) is 0.200. The van der Waals surface area contributed by atoms with Crippen LogP contribution in [0.4, 0.5) is 0 Å². The smallest absolute Gasteiger partial charge is 0.179 e. The number of rotatable bonds is 2. The van der Waals surface area contributed by atoms with Gasteiger partial charge in [0.1, 0.15) is 12.1 Å². The van der Waals surface area contributed by atoms with E-state index in [1.165, 1.54) is 25.1 Å². The molecule has 1 rings (SSSR count). The molecule has 1 aromatic carbocycles. The Kier molecular flexibility index (Phi) is 3.08. The molecule has 0 aromatic heterocycles. The quantitative estimate of drug-likeness (QED) is 0.750. The number of benzene rings is 1. The van der Waals surface area contributed by atoms with Crippen LogP contribution >= 0.6 is 0 Å². The van der Waals surface area contributed by atoms with Gasteiger partial charge >= 0.3 is 0 Å². The van der Waals surface area contributed by atoms with Crippen molar-refractivity contribution in [2.45, 2.75) is 11.8 Å². The zero-order valence-electron chi connectivity index (χ0n) is 8.06. The number of nitrogens with zero attached hydrogens (tertiary/aromatic N) is 2. The van der Waals surface area contributed by atoms with Gasteiger partial charge in [-0.15, -0.1) is 0 Å². The minimum absolute atomic E-state index is 0.0634. The van der Waals surface area contributed by atoms with Gasteiger partial charge in [-0.2, -0.15) is 10.5 Å². The van der Waals surface area contributed by atoms with Gasteiger partial charge in [-0.1, -0.05) is 13.0 Å². The zero-order valence-corrected chi connectivity index (χ0v) is 8.87. The third-order valence-electron chi connectivity index (χ3n) is 1.97. The van der Waals surface area contributed by atoms with E-state index in [0.717, 1.165) is 0 Å². The Morgan fingerprint density at radius 2 is 1.93 bits per heavy atom. The number of hydrogen-bond donors (Lipinski definition) is 0. The van der Waals surface area contributed by atoms with Crippen molar-refractivity contribution in [1.29, 1.82) is 10.5 Å². The van der Waals surface area contributed by atoms with Gasteiger partial charge in [0.05, 0.1) is 21.8 Å². The summed E-state index contributed by atoms with van der Waals surface area (Å²) in [4.78, 5) is -0.0634. The molecular formula is C10H8N2O2S. The normalized spacial score (nSPS) is 10.3. The van der Waals surface area contributed by atoms with Gasteiger partial charge < -0.3 is 0 Å². The fourth-order valence-electron chi connectivity index (χ4n) is 1.15. The van der Waals surface area contributed by atoms with Crippen molar-refractivity contribution < 1.29 is 8.42 Å². The molecule has 1 aromatic rings. The van der Waals surface area contributed by atoms with Crippen LogP contribution in [0.5, 0.6) is 0 Å². The first-order chi connectivity index (χ1) is 7.06. The average molecular weight is 220 g/mol. The lowest BCUT2D eigenvalue weighted by Crippen LogP contribution is -2.07. The Labute approximate surface area is 88.3 Å². The fourth-order valence-corrected chi connectivity index (χ4v) is 2.22. The lowest BCUT2D eigenvalue weighted by molar-refractivity contribution is 0.597. The second-order valence-electron chi connectivity index (χ2n) is 2.81. The molecule has 0 aliphatic rings. The molecule has 0 bridgehead atoms. The van der Waals surface area contributed by atoms with Crippen LogP contribution in [-0.2, 0) is 9.84 Å². The van der Waals surface area contributed by atoms with E-state index in [9.17, 15) is 8.42 Å². The van der Waals surface area contributed by atoms with E-state index >= 15 is 0 Å².